The lowest BCUT2D eigenvalue weighted by molar-refractivity contribution is -0.137. The number of rotatable bonds is 5. The molecule has 0 atom stereocenters. The topological polar surface area (TPSA) is 76.2 Å². The molecule has 0 radical (unpaired) electrons. The number of aliphatic carboxylic acids is 1. The van der Waals surface area contributed by atoms with Crippen molar-refractivity contribution in [2.24, 2.45) is 0 Å². The lowest BCUT2D eigenvalue weighted by atomic mass is 10.2. The predicted molar refractivity (Wildman–Crippen MR) is 78.0 cm³/mol. The van der Waals surface area contributed by atoms with Gasteiger partial charge in [-0.3, -0.25) is 4.79 Å². The molecule has 2 rings (SSSR count). The van der Waals surface area contributed by atoms with E-state index in [9.17, 15) is 4.79 Å². The van der Waals surface area contributed by atoms with Gasteiger partial charge < -0.3 is 9.52 Å². The van der Waals surface area contributed by atoms with E-state index in [2.05, 4.69) is 32.8 Å². The first kappa shape index (κ1) is 14.3. The molecular formula is C12H10ClIN2O3. The third-order valence-electron chi connectivity index (χ3n) is 2.41. The molecule has 100 valence electrons. The van der Waals surface area contributed by atoms with Crippen LogP contribution in [-0.4, -0.2) is 21.3 Å². The van der Waals surface area contributed by atoms with E-state index in [1.807, 2.05) is 12.1 Å². The molecular weight excluding hydrogens is 383 g/mol. The fourth-order valence-corrected chi connectivity index (χ4v) is 2.01. The first-order valence-corrected chi connectivity index (χ1v) is 7.01. The van der Waals surface area contributed by atoms with Gasteiger partial charge in [0.2, 0.25) is 11.8 Å². The van der Waals surface area contributed by atoms with E-state index < -0.39 is 5.97 Å². The van der Waals surface area contributed by atoms with Gasteiger partial charge in [-0.15, -0.1) is 10.2 Å². The molecule has 0 fully saturated rings. The van der Waals surface area contributed by atoms with Gasteiger partial charge in [0.15, 0.2) is 0 Å². The minimum Gasteiger partial charge on any atom is -0.481 e. The second-order valence-electron chi connectivity index (χ2n) is 3.88. The highest BCUT2D eigenvalue weighted by Crippen LogP contribution is 2.25. The summed E-state index contributed by atoms with van der Waals surface area (Å²) in [6, 6.07) is 5.48. The summed E-state index contributed by atoms with van der Waals surface area (Å²) in [5, 5.41) is 17.0. The van der Waals surface area contributed by atoms with Crippen LogP contribution >= 0.6 is 34.2 Å². The van der Waals surface area contributed by atoms with Crippen LogP contribution in [0.3, 0.4) is 0 Å². The average molecular weight is 393 g/mol. The maximum Gasteiger partial charge on any atom is 0.303 e. The third kappa shape index (κ3) is 3.90. The Morgan fingerprint density at radius 1 is 1.42 bits per heavy atom. The molecule has 19 heavy (non-hydrogen) atoms. The van der Waals surface area contributed by atoms with Crippen LogP contribution < -0.4 is 0 Å². The van der Waals surface area contributed by atoms with Gasteiger partial charge in [0.05, 0.1) is 5.02 Å². The van der Waals surface area contributed by atoms with Gasteiger partial charge in [0, 0.05) is 22.0 Å². The van der Waals surface area contributed by atoms with Gasteiger partial charge >= 0.3 is 5.97 Å². The zero-order valence-electron chi connectivity index (χ0n) is 9.77. The quantitative estimate of drug-likeness (QED) is 0.789. The molecule has 0 aliphatic carbocycles. The first-order chi connectivity index (χ1) is 9.06. The van der Waals surface area contributed by atoms with Crippen molar-refractivity contribution in [3.63, 3.8) is 0 Å². The van der Waals surface area contributed by atoms with Crippen LogP contribution in [0.5, 0.6) is 0 Å². The fraction of sp³-hybridized carbons (Fsp3) is 0.250. The number of halogens is 2. The van der Waals surface area contributed by atoms with Crippen molar-refractivity contribution in [2.75, 3.05) is 0 Å². The summed E-state index contributed by atoms with van der Waals surface area (Å²) in [7, 11) is 0. The molecule has 0 bridgehead atoms. The summed E-state index contributed by atoms with van der Waals surface area (Å²) >= 11 is 8.16. The van der Waals surface area contributed by atoms with E-state index in [1.54, 1.807) is 6.07 Å². The van der Waals surface area contributed by atoms with E-state index >= 15 is 0 Å². The second kappa shape index (κ2) is 6.33. The van der Waals surface area contributed by atoms with E-state index in [-0.39, 0.29) is 6.42 Å². The number of aromatic nitrogens is 2. The van der Waals surface area contributed by atoms with Crippen LogP contribution in [-0.2, 0) is 11.2 Å². The van der Waals surface area contributed by atoms with E-state index in [4.69, 9.17) is 21.1 Å². The van der Waals surface area contributed by atoms with Gasteiger partial charge in [0.1, 0.15) is 0 Å². The highest BCUT2D eigenvalue weighted by molar-refractivity contribution is 14.1. The Kier molecular flexibility index (Phi) is 4.76. The predicted octanol–water partition coefficient (Wildman–Crippen LogP) is 3.40. The van der Waals surface area contributed by atoms with Crippen LogP contribution in [0.15, 0.2) is 22.6 Å². The number of hydrogen-bond acceptors (Lipinski definition) is 4. The Hall–Kier alpha value is -1.15. The maximum absolute atomic E-state index is 10.4. The molecule has 5 nitrogen and oxygen atoms in total. The summed E-state index contributed by atoms with van der Waals surface area (Å²) in [4.78, 5) is 10.4. The van der Waals surface area contributed by atoms with Gasteiger partial charge in [-0.05, 0) is 47.2 Å². The Bertz CT molecular complexity index is 600. The number of benzene rings is 1. The van der Waals surface area contributed by atoms with E-state index in [0.717, 1.165) is 9.13 Å². The van der Waals surface area contributed by atoms with Gasteiger partial charge in [0.25, 0.3) is 0 Å². The van der Waals surface area contributed by atoms with Crippen LogP contribution in [0.4, 0.5) is 0 Å². The molecule has 0 spiro atoms. The summed E-state index contributed by atoms with van der Waals surface area (Å²) < 4.78 is 6.42. The molecule has 2 aromatic rings. The Morgan fingerprint density at radius 3 is 2.89 bits per heavy atom. The number of hydrogen-bond donors (Lipinski definition) is 1. The molecule has 0 saturated heterocycles. The Labute approximate surface area is 128 Å². The minimum absolute atomic E-state index is 0.0904. The van der Waals surface area contributed by atoms with Crippen molar-refractivity contribution in [2.45, 2.75) is 19.3 Å². The maximum atomic E-state index is 10.4. The Balaban J connectivity index is 2.07. The lowest BCUT2D eigenvalue weighted by Gasteiger charge is -1.98. The normalized spacial score (nSPS) is 10.6. The molecule has 1 aromatic carbocycles. The minimum atomic E-state index is -0.829. The number of aryl methyl sites for hydroxylation is 1. The molecule has 0 aliphatic rings. The second-order valence-corrected chi connectivity index (χ2v) is 5.45. The smallest absolute Gasteiger partial charge is 0.303 e. The third-order valence-corrected chi connectivity index (χ3v) is 3.99. The summed E-state index contributed by atoms with van der Waals surface area (Å²) in [6.45, 7) is 0. The SMILES string of the molecule is O=C(O)CCCc1nnc(-c2ccc(I)c(Cl)c2)o1. The molecule has 0 amide bonds. The molecule has 7 heteroatoms. The monoisotopic (exact) mass is 392 g/mol. The largest absolute Gasteiger partial charge is 0.481 e. The van der Waals surface area contributed by atoms with Crippen molar-refractivity contribution in [3.05, 3.63) is 32.7 Å². The number of nitrogens with zero attached hydrogens (tertiary/aromatic N) is 2. The van der Waals surface area contributed by atoms with Crippen molar-refractivity contribution in [1.29, 1.82) is 0 Å². The van der Waals surface area contributed by atoms with Crippen molar-refractivity contribution in [1.82, 2.24) is 10.2 Å². The molecule has 0 aliphatic heterocycles. The summed E-state index contributed by atoms with van der Waals surface area (Å²) in [5.41, 5.74) is 0.752. The molecule has 0 saturated carbocycles. The highest BCUT2D eigenvalue weighted by Gasteiger charge is 2.10. The van der Waals surface area contributed by atoms with Gasteiger partial charge in [-0.25, -0.2) is 0 Å². The molecule has 1 aromatic heterocycles. The summed E-state index contributed by atoms with van der Waals surface area (Å²) in [5.74, 6) is -0.00120. The number of carbonyl (C=O) groups is 1. The lowest BCUT2D eigenvalue weighted by Crippen LogP contribution is -1.95. The van der Waals surface area contributed by atoms with Crippen LogP contribution in [0.25, 0.3) is 11.5 Å². The van der Waals surface area contributed by atoms with Crippen LogP contribution in [0.1, 0.15) is 18.7 Å². The molecule has 1 heterocycles. The van der Waals surface area contributed by atoms with E-state index in [0.29, 0.717) is 29.6 Å². The highest BCUT2D eigenvalue weighted by atomic mass is 127. The van der Waals surface area contributed by atoms with Crippen molar-refractivity contribution < 1.29 is 14.3 Å². The van der Waals surface area contributed by atoms with Crippen LogP contribution in [0.2, 0.25) is 5.02 Å². The summed E-state index contributed by atoms with van der Waals surface area (Å²) in [6.07, 6.45) is 1.02. The molecule has 1 N–H and O–H groups in total. The molecule has 0 unspecified atom stereocenters. The van der Waals surface area contributed by atoms with Crippen molar-refractivity contribution >= 4 is 40.2 Å². The fourth-order valence-electron chi connectivity index (χ4n) is 1.49. The Morgan fingerprint density at radius 2 is 2.21 bits per heavy atom. The standard InChI is InChI=1S/C12H10ClIN2O3/c13-8-6-7(4-5-9(8)14)12-16-15-10(19-12)2-1-3-11(17)18/h4-6H,1-3H2,(H,17,18). The van der Waals surface area contributed by atoms with E-state index in [1.165, 1.54) is 0 Å². The number of carboxylic acids is 1. The first-order valence-electron chi connectivity index (χ1n) is 5.56. The van der Waals surface area contributed by atoms with Gasteiger partial charge in [-0.2, -0.15) is 0 Å². The van der Waals surface area contributed by atoms with Crippen molar-refractivity contribution in [3.8, 4) is 11.5 Å². The average Bonchev–Trinajstić information content (AvgIpc) is 2.81. The zero-order valence-corrected chi connectivity index (χ0v) is 12.7. The van der Waals surface area contributed by atoms with Crippen LogP contribution in [0, 0.1) is 3.57 Å². The zero-order chi connectivity index (χ0) is 13.8. The number of carboxylic acid groups (broad SMARTS) is 1. The van der Waals surface area contributed by atoms with Gasteiger partial charge in [-0.1, -0.05) is 11.6 Å².